The Balaban J connectivity index is 1.47. The van der Waals surface area contributed by atoms with Crippen molar-refractivity contribution in [1.82, 2.24) is 10.3 Å². The molecular weight excluding hydrogens is 356 g/mol. The molecule has 1 aliphatic heterocycles. The molecule has 0 spiro atoms. The standard InChI is InChI=1S/C18H22N2O3S2/c1-3-24-18-20-14(11-25-18)7-17(21)19-9-12-6-13-4-5-15(22-2)8-16(13)23-10-12/h4-5,8,11-12H,3,6-7,9-10H2,1-2H3,(H,19,21)/t12-/m1/s1. The molecule has 0 saturated carbocycles. The van der Waals surface area contributed by atoms with Gasteiger partial charge < -0.3 is 14.8 Å². The highest BCUT2D eigenvalue weighted by Crippen LogP contribution is 2.30. The number of thioether (sulfide) groups is 1. The molecule has 1 N–H and O–H groups in total. The zero-order valence-corrected chi connectivity index (χ0v) is 16.0. The molecule has 1 aromatic heterocycles. The van der Waals surface area contributed by atoms with Crippen LogP contribution in [0.5, 0.6) is 11.5 Å². The third-order valence-electron chi connectivity index (χ3n) is 3.99. The minimum absolute atomic E-state index is 0.0128. The lowest BCUT2D eigenvalue weighted by molar-refractivity contribution is -0.120. The molecule has 1 amide bonds. The van der Waals surface area contributed by atoms with Gasteiger partial charge >= 0.3 is 0 Å². The summed E-state index contributed by atoms with van der Waals surface area (Å²) in [5, 5.41) is 4.97. The number of aromatic nitrogens is 1. The number of rotatable bonds is 7. The van der Waals surface area contributed by atoms with Crippen molar-refractivity contribution in [3.63, 3.8) is 0 Å². The van der Waals surface area contributed by atoms with Crippen molar-refractivity contribution in [3.8, 4) is 11.5 Å². The van der Waals surface area contributed by atoms with E-state index in [1.807, 2.05) is 23.6 Å². The first kappa shape index (κ1) is 18.1. The number of ether oxygens (including phenoxy) is 2. The van der Waals surface area contributed by atoms with Gasteiger partial charge in [0, 0.05) is 23.9 Å². The number of hydrogen-bond acceptors (Lipinski definition) is 6. The number of amides is 1. The first-order valence-corrected chi connectivity index (χ1v) is 10.2. The fourth-order valence-electron chi connectivity index (χ4n) is 2.72. The fourth-order valence-corrected chi connectivity index (χ4v) is 4.46. The van der Waals surface area contributed by atoms with Crippen LogP contribution in [-0.4, -0.2) is 36.9 Å². The number of hydrogen-bond donors (Lipinski definition) is 1. The van der Waals surface area contributed by atoms with E-state index in [1.165, 1.54) is 0 Å². The van der Waals surface area contributed by atoms with Gasteiger partial charge in [0.1, 0.15) is 15.8 Å². The Bertz CT molecular complexity index is 733. The van der Waals surface area contributed by atoms with Crippen molar-refractivity contribution < 1.29 is 14.3 Å². The molecule has 2 heterocycles. The lowest BCUT2D eigenvalue weighted by atomic mass is 9.96. The van der Waals surface area contributed by atoms with Crippen molar-refractivity contribution in [2.24, 2.45) is 5.92 Å². The smallest absolute Gasteiger partial charge is 0.226 e. The maximum Gasteiger partial charge on any atom is 0.226 e. The van der Waals surface area contributed by atoms with Gasteiger partial charge in [-0.3, -0.25) is 4.79 Å². The molecule has 5 nitrogen and oxygen atoms in total. The number of carbonyl (C=O) groups excluding carboxylic acids is 1. The fraction of sp³-hybridized carbons (Fsp3) is 0.444. The average Bonchev–Trinajstić information content (AvgIpc) is 3.06. The second-order valence-corrected chi connectivity index (χ2v) is 8.24. The number of nitrogens with one attached hydrogen (secondary N) is 1. The highest BCUT2D eigenvalue weighted by molar-refractivity contribution is 8.00. The molecule has 1 aromatic carbocycles. The first-order valence-electron chi connectivity index (χ1n) is 8.31. The van der Waals surface area contributed by atoms with Crippen molar-refractivity contribution in [1.29, 1.82) is 0 Å². The summed E-state index contributed by atoms with van der Waals surface area (Å²) in [6.45, 7) is 3.32. The second-order valence-electron chi connectivity index (χ2n) is 5.87. The Kier molecular flexibility index (Phi) is 6.20. The van der Waals surface area contributed by atoms with Crippen LogP contribution in [0.4, 0.5) is 0 Å². The third kappa shape index (κ3) is 4.89. The van der Waals surface area contributed by atoms with Gasteiger partial charge in [0.15, 0.2) is 0 Å². The highest BCUT2D eigenvalue weighted by Gasteiger charge is 2.21. The van der Waals surface area contributed by atoms with E-state index in [4.69, 9.17) is 9.47 Å². The van der Waals surface area contributed by atoms with Crippen LogP contribution in [0.3, 0.4) is 0 Å². The van der Waals surface area contributed by atoms with E-state index < -0.39 is 0 Å². The minimum Gasteiger partial charge on any atom is -0.497 e. The van der Waals surface area contributed by atoms with Crippen LogP contribution in [0.15, 0.2) is 27.9 Å². The second kappa shape index (κ2) is 8.58. The van der Waals surface area contributed by atoms with Gasteiger partial charge in [-0.05, 0) is 23.8 Å². The topological polar surface area (TPSA) is 60.5 Å². The quantitative estimate of drug-likeness (QED) is 0.750. The van der Waals surface area contributed by atoms with E-state index >= 15 is 0 Å². The number of thiazole rings is 1. The van der Waals surface area contributed by atoms with Gasteiger partial charge in [-0.25, -0.2) is 4.98 Å². The van der Waals surface area contributed by atoms with Crippen LogP contribution < -0.4 is 14.8 Å². The van der Waals surface area contributed by atoms with E-state index in [9.17, 15) is 4.79 Å². The van der Waals surface area contributed by atoms with E-state index in [2.05, 4.69) is 17.2 Å². The summed E-state index contributed by atoms with van der Waals surface area (Å²) in [6.07, 6.45) is 1.23. The Morgan fingerprint density at radius 2 is 2.40 bits per heavy atom. The molecule has 1 aliphatic rings. The Labute approximate surface area is 156 Å². The Morgan fingerprint density at radius 3 is 3.20 bits per heavy atom. The van der Waals surface area contributed by atoms with Crippen LogP contribution in [-0.2, 0) is 17.6 Å². The third-order valence-corrected chi connectivity index (χ3v) is 5.94. The zero-order valence-electron chi connectivity index (χ0n) is 14.4. The maximum absolute atomic E-state index is 12.1. The molecular formula is C18H22N2O3S2. The Hall–Kier alpha value is -1.73. The van der Waals surface area contributed by atoms with Gasteiger partial charge in [0.25, 0.3) is 0 Å². The number of fused-ring (bicyclic) bond motifs is 1. The molecule has 7 heteroatoms. The predicted molar refractivity (Wildman–Crippen MR) is 101 cm³/mol. The van der Waals surface area contributed by atoms with Crippen LogP contribution in [0, 0.1) is 5.92 Å². The molecule has 134 valence electrons. The van der Waals surface area contributed by atoms with Gasteiger partial charge in [-0.2, -0.15) is 0 Å². The van der Waals surface area contributed by atoms with Crippen LogP contribution >= 0.6 is 23.1 Å². The van der Waals surface area contributed by atoms with Gasteiger partial charge in [-0.1, -0.05) is 24.8 Å². The maximum atomic E-state index is 12.1. The minimum atomic E-state index is 0.0128. The summed E-state index contributed by atoms with van der Waals surface area (Å²) in [6, 6.07) is 5.89. The first-order chi connectivity index (χ1) is 12.2. The van der Waals surface area contributed by atoms with Gasteiger partial charge in [0.05, 0.1) is 25.8 Å². The summed E-state index contributed by atoms with van der Waals surface area (Å²) in [7, 11) is 1.65. The number of carbonyl (C=O) groups is 1. The van der Waals surface area contributed by atoms with Crippen molar-refractivity contribution in [3.05, 3.63) is 34.8 Å². The molecule has 3 rings (SSSR count). The monoisotopic (exact) mass is 378 g/mol. The average molecular weight is 379 g/mol. The van der Waals surface area contributed by atoms with Gasteiger partial charge in [0.2, 0.25) is 5.91 Å². The molecule has 0 unspecified atom stereocenters. The zero-order chi connectivity index (χ0) is 17.6. The lowest BCUT2D eigenvalue weighted by Gasteiger charge is -2.25. The van der Waals surface area contributed by atoms with E-state index in [-0.39, 0.29) is 11.8 Å². The van der Waals surface area contributed by atoms with E-state index in [0.29, 0.717) is 19.6 Å². The van der Waals surface area contributed by atoms with Crippen molar-refractivity contribution >= 4 is 29.0 Å². The summed E-state index contributed by atoms with van der Waals surface area (Å²) >= 11 is 3.30. The molecule has 0 saturated heterocycles. The van der Waals surface area contributed by atoms with E-state index in [0.717, 1.165) is 39.3 Å². The summed E-state index contributed by atoms with van der Waals surface area (Å²) in [5.41, 5.74) is 2.00. The number of nitrogens with zero attached hydrogens (tertiary/aromatic N) is 1. The highest BCUT2D eigenvalue weighted by atomic mass is 32.2. The molecule has 0 aliphatic carbocycles. The van der Waals surface area contributed by atoms with Gasteiger partial charge in [-0.15, -0.1) is 11.3 Å². The largest absolute Gasteiger partial charge is 0.497 e. The molecule has 0 radical (unpaired) electrons. The van der Waals surface area contributed by atoms with Crippen LogP contribution in [0.1, 0.15) is 18.2 Å². The van der Waals surface area contributed by atoms with Crippen LogP contribution in [0.25, 0.3) is 0 Å². The molecule has 0 bridgehead atoms. The molecule has 25 heavy (non-hydrogen) atoms. The normalized spacial score (nSPS) is 16.0. The summed E-state index contributed by atoms with van der Waals surface area (Å²) < 4.78 is 12.1. The molecule has 1 atom stereocenters. The Morgan fingerprint density at radius 1 is 1.52 bits per heavy atom. The molecule has 2 aromatic rings. The summed E-state index contributed by atoms with van der Waals surface area (Å²) in [4.78, 5) is 16.6. The van der Waals surface area contributed by atoms with E-state index in [1.54, 1.807) is 30.2 Å². The molecule has 0 fully saturated rings. The predicted octanol–water partition coefficient (Wildman–Crippen LogP) is 3.17. The van der Waals surface area contributed by atoms with Crippen molar-refractivity contribution in [2.75, 3.05) is 26.0 Å². The number of benzene rings is 1. The summed E-state index contributed by atoms with van der Waals surface area (Å²) in [5.74, 6) is 2.97. The lowest BCUT2D eigenvalue weighted by Crippen LogP contribution is -2.35. The number of methoxy groups -OCH3 is 1. The SMILES string of the molecule is CCSc1nc(CC(=O)NC[C@@H]2COc3cc(OC)ccc3C2)cs1. The van der Waals surface area contributed by atoms with Crippen molar-refractivity contribution in [2.45, 2.75) is 24.1 Å². The van der Waals surface area contributed by atoms with Crippen LogP contribution in [0.2, 0.25) is 0 Å².